The highest BCUT2D eigenvalue weighted by atomic mass is 16.5. The summed E-state index contributed by atoms with van der Waals surface area (Å²) in [5.41, 5.74) is 1.14. The minimum atomic E-state index is -0.495. The molecule has 0 fully saturated rings. The number of rotatable bonds is 9. The molecule has 126 valence electrons. The molecule has 1 aromatic carbocycles. The summed E-state index contributed by atoms with van der Waals surface area (Å²) in [5, 5.41) is 6.08. The molecule has 3 N–H and O–H groups in total. The summed E-state index contributed by atoms with van der Waals surface area (Å²) in [6.45, 7) is 2.69. The smallest absolute Gasteiger partial charge is 0.407 e. The number of unbranched alkanes of at least 4 members (excludes halogenated alkanes) is 1. The van der Waals surface area contributed by atoms with Crippen LogP contribution in [0.1, 0.15) is 31.7 Å². The Morgan fingerprint density at radius 3 is 2.57 bits per heavy atom. The molecule has 1 rings (SSSR count). The Morgan fingerprint density at radius 2 is 1.91 bits per heavy atom. The van der Waals surface area contributed by atoms with Gasteiger partial charge in [-0.05, 0) is 31.7 Å². The Kier molecular flexibility index (Phi) is 8.88. The third kappa shape index (κ3) is 7.85. The van der Waals surface area contributed by atoms with E-state index in [-0.39, 0.29) is 18.9 Å². The molecule has 0 bridgehead atoms. The molecule has 0 aliphatic heterocycles. The standard InChI is InChI=1S/C16H23N3O4/c1-2-22-15(20)14(19-17)10-6-7-11-18-16(21)23-12-13-8-4-3-5-9-13/h3-5,8-9H,2,6-7,10-12,17H2,1H3,(H,18,21)/b19-14+. The summed E-state index contributed by atoms with van der Waals surface area (Å²) in [6.07, 6.45) is 1.29. The Balaban J connectivity index is 2.12. The maximum atomic E-state index is 11.5. The number of nitrogens with zero attached hydrogens (tertiary/aromatic N) is 1. The van der Waals surface area contributed by atoms with Crippen molar-refractivity contribution in [1.82, 2.24) is 5.32 Å². The van der Waals surface area contributed by atoms with E-state index in [0.717, 1.165) is 5.56 Å². The molecule has 0 aliphatic carbocycles. The number of hydrazone groups is 1. The van der Waals surface area contributed by atoms with Crippen molar-refractivity contribution in [2.24, 2.45) is 10.9 Å². The second kappa shape index (κ2) is 11.1. The molecule has 0 aliphatic rings. The average Bonchev–Trinajstić information content (AvgIpc) is 2.57. The van der Waals surface area contributed by atoms with Crippen LogP contribution in [0.4, 0.5) is 4.79 Å². The van der Waals surface area contributed by atoms with Crippen molar-refractivity contribution in [3.8, 4) is 0 Å². The van der Waals surface area contributed by atoms with E-state index in [1.54, 1.807) is 6.92 Å². The van der Waals surface area contributed by atoms with Gasteiger partial charge >= 0.3 is 12.1 Å². The minimum absolute atomic E-state index is 0.207. The molecule has 23 heavy (non-hydrogen) atoms. The van der Waals surface area contributed by atoms with Gasteiger partial charge in [-0.3, -0.25) is 0 Å². The number of nitrogens with one attached hydrogen (secondary N) is 1. The molecular formula is C16H23N3O4. The van der Waals surface area contributed by atoms with E-state index < -0.39 is 12.1 Å². The molecule has 0 saturated carbocycles. The van der Waals surface area contributed by atoms with Crippen LogP contribution < -0.4 is 11.2 Å². The zero-order chi connectivity index (χ0) is 16.9. The first-order chi connectivity index (χ1) is 11.2. The van der Waals surface area contributed by atoms with E-state index in [0.29, 0.717) is 25.8 Å². The van der Waals surface area contributed by atoms with Gasteiger partial charge in [-0.25, -0.2) is 9.59 Å². The van der Waals surface area contributed by atoms with Crippen LogP contribution in [-0.4, -0.2) is 30.9 Å². The number of carbonyl (C=O) groups is 2. The van der Waals surface area contributed by atoms with Gasteiger partial charge in [0.25, 0.3) is 0 Å². The molecule has 7 nitrogen and oxygen atoms in total. The molecular weight excluding hydrogens is 298 g/mol. The van der Waals surface area contributed by atoms with E-state index in [1.165, 1.54) is 0 Å². The van der Waals surface area contributed by atoms with Crippen molar-refractivity contribution in [1.29, 1.82) is 0 Å². The SMILES string of the molecule is CCOC(=O)/C(CCCCNC(=O)OCc1ccccc1)=N/N. The number of nitrogens with two attached hydrogens (primary N) is 1. The van der Waals surface area contributed by atoms with Crippen molar-refractivity contribution in [2.75, 3.05) is 13.2 Å². The highest BCUT2D eigenvalue weighted by molar-refractivity contribution is 6.36. The van der Waals surface area contributed by atoms with Gasteiger partial charge < -0.3 is 20.6 Å². The van der Waals surface area contributed by atoms with E-state index in [9.17, 15) is 9.59 Å². The third-order valence-corrected chi connectivity index (χ3v) is 2.99. The van der Waals surface area contributed by atoms with Gasteiger partial charge in [0, 0.05) is 6.54 Å². The molecule has 0 heterocycles. The van der Waals surface area contributed by atoms with E-state index in [2.05, 4.69) is 10.4 Å². The molecule has 7 heteroatoms. The first kappa shape index (κ1) is 18.5. The normalized spacial score (nSPS) is 10.9. The number of hydrogen-bond acceptors (Lipinski definition) is 6. The second-order valence-electron chi connectivity index (χ2n) is 4.74. The molecule has 1 amide bonds. The van der Waals surface area contributed by atoms with Gasteiger partial charge in [-0.15, -0.1) is 0 Å². The monoisotopic (exact) mass is 321 g/mol. The molecule has 0 unspecified atom stereocenters. The Labute approximate surface area is 135 Å². The first-order valence-corrected chi connectivity index (χ1v) is 7.55. The molecule has 0 aromatic heterocycles. The van der Waals surface area contributed by atoms with Crippen LogP contribution in [0.15, 0.2) is 35.4 Å². The van der Waals surface area contributed by atoms with Crippen molar-refractivity contribution < 1.29 is 19.1 Å². The lowest BCUT2D eigenvalue weighted by Crippen LogP contribution is -2.25. The van der Waals surface area contributed by atoms with Crippen molar-refractivity contribution in [3.05, 3.63) is 35.9 Å². The largest absolute Gasteiger partial charge is 0.461 e. The quantitative estimate of drug-likeness (QED) is 0.238. The number of ether oxygens (including phenoxy) is 2. The fourth-order valence-electron chi connectivity index (χ4n) is 1.82. The summed E-state index contributed by atoms with van der Waals surface area (Å²) in [6, 6.07) is 9.44. The van der Waals surface area contributed by atoms with Gasteiger partial charge in [0.15, 0.2) is 0 Å². The van der Waals surface area contributed by atoms with Crippen LogP contribution >= 0.6 is 0 Å². The first-order valence-electron chi connectivity index (χ1n) is 7.55. The molecule has 0 atom stereocenters. The van der Waals surface area contributed by atoms with Crippen molar-refractivity contribution in [2.45, 2.75) is 32.8 Å². The Bertz CT molecular complexity index is 517. The number of benzene rings is 1. The summed E-state index contributed by atoms with van der Waals surface area (Å²) in [4.78, 5) is 23.0. The highest BCUT2D eigenvalue weighted by Gasteiger charge is 2.11. The lowest BCUT2D eigenvalue weighted by Gasteiger charge is -2.07. The molecule has 0 spiro atoms. The van der Waals surface area contributed by atoms with Crippen LogP contribution in [-0.2, 0) is 20.9 Å². The van der Waals surface area contributed by atoms with E-state index in [4.69, 9.17) is 15.3 Å². The van der Waals surface area contributed by atoms with E-state index in [1.807, 2.05) is 30.3 Å². The van der Waals surface area contributed by atoms with Crippen LogP contribution in [0.3, 0.4) is 0 Å². The number of esters is 1. The van der Waals surface area contributed by atoms with Crippen molar-refractivity contribution >= 4 is 17.8 Å². The zero-order valence-electron chi connectivity index (χ0n) is 13.3. The number of hydrogen-bond donors (Lipinski definition) is 2. The van der Waals surface area contributed by atoms with Crippen LogP contribution in [0.25, 0.3) is 0 Å². The highest BCUT2D eigenvalue weighted by Crippen LogP contribution is 2.01. The predicted octanol–water partition coefficient (Wildman–Crippen LogP) is 1.96. The number of carbonyl (C=O) groups excluding carboxylic acids is 2. The average molecular weight is 321 g/mol. The van der Waals surface area contributed by atoms with Crippen molar-refractivity contribution in [3.63, 3.8) is 0 Å². The summed E-state index contributed by atoms with van der Waals surface area (Å²) >= 11 is 0. The minimum Gasteiger partial charge on any atom is -0.461 e. The van der Waals surface area contributed by atoms with E-state index >= 15 is 0 Å². The van der Waals surface area contributed by atoms with Gasteiger partial charge in [0.2, 0.25) is 0 Å². The van der Waals surface area contributed by atoms with Gasteiger partial charge in [0.1, 0.15) is 12.3 Å². The topological polar surface area (TPSA) is 103 Å². The van der Waals surface area contributed by atoms with Crippen LogP contribution in [0.5, 0.6) is 0 Å². The zero-order valence-corrected chi connectivity index (χ0v) is 13.3. The predicted molar refractivity (Wildman–Crippen MR) is 86.7 cm³/mol. The summed E-state index contributed by atoms with van der Waals surface area (Å²) in [7, 11) is 0. The molecule has 1 aromatic rings. The maximum absolute atomic E-state index is 11.5. The Morgan fingerprint density at radius 1 is 1.17 bits per heavy atom. The van der Waals surface area contributed by atoms with Crippen LogP contribution in [0.2, 0.25) is 0 Å². The molecule has 0 radical (unpaired) electrons. The third-order valence-electron chi connectivity index (χ3n) is 2.99. The molecule has 0 saturated heterocycles. The Hall–Kier alpha value is -2.57. The lowest BCUT2D eigenvalue weighted by atomic mass is 10.1. The summed E-state index contributed by atoms with van der Waals surface area (Å²) < 4.78 is 9.90. The fraction of sp³-hybridized carbons (Fsp3) is 0.438. The van der Waals surface area contributed by atoms with Gasteiger partial charge in [-0.1, -0.05) is 30.3 Å². The summed E-state index contributed by atoms with van der Waals surface area (Å²) in [5.74, 6) is 4.66. The number of amides is 1. The lowest BCUT2D eigenvalue weighted by molar-refractivity contribution is -0.135. The van der Waals surface area contributed by atoms with Crippen LogP contribution in [0, 0.1) is 0 Å². The fourth-order valence-corrected chi connectivity index (χ4v) is 1.82. The second-order valence-corrected chi connectivity index (χ2v) is 4.74. The van der Waals surface area contributed by atoms with Gasteiger partial charge in [0.05, 0.1) is 6.61 Å². The number of alkyl carbamates (subject to hydrolysis) is 1. The maximum Gasteiger partial charge on any atom is 0.407 e. The van der Waals surface area contributed by atoms with Gasteiger partial charge in [-0.2, -0.15) is 5.10 Å².